The molecule has 1 unspecified atom stereocenters. The van der Waals surface area contributed by atoms with Gasteiger partial charge in [-0.05, 0) is 36.4 Å². The molecule has 1 aliphatic carbocycles. The van der Waals surface area contributed by atoms with Gasteiger partial charge < -0.3 is 5.73 Å². The molecule has 0 bridgehead atoms. The Kier molecular flexibility index (Phi) is 1.98. The lowest BCUT2D eigenvalue weighted by Crippen LogP contribution is -2.24. The molecular weight excluding hydrogens is 222 g/mol. The van der Waals surface area contributed by atoms with Crippen molar-refractivity contribution in [2.45, 2.75) is 23.7 Å². The molecule has 1 aromatic rings. The Morgan fingerprint density at radius 1 is 1.31 bits per heavy atom. The Labute approximate surface area is 95.6 Å². The Morgan fingerprint density at radius 3 is 2.62 bits per heavy atom. The summed E-state index contributed by atoms with van der Waals surface area (Å²) in [4.78, 5) is 0.528. The summed E-state index contributed by atoms with van der Waals surface area (Å²) in [6, 6.07) is 7.37. The van der Waals surface area contributed by atoms with Crippen LogP contribution in [0.4, 0.5) is 0 Å². The second kappa shape index (κ2) is 3.08. The van der Waals surface area contributed by atoms with Gasteiger partial charge in [0.15, 0.2) is 9.84 Å². The van der Waals surface area contributed by atoms with Crippen LogP contribution in [0.1, 0.15) is 24.3 Å². The molecular formula is C12H15NO2S. The van der Waals surface area contributed by atoms with Crippen molar-refractivity contribution in [1.82, 2.24) is 0 Å². The van der Waals surface area contributed by atoms with E-state index in [0.29, 0.717) is 11.4 Å². The van der Waals surface area contributed by atoms with Crippen LogP contribution in [0.5, 0.6) is 0 Å². The van der Waals surface area contributed by atoms with Crippen LogP contribution in [0.2, 0.25) is 0 Å². The number of nitrogens with two attached hydrogens (primary N) is 1. The van der Waals surface area contributed by atoms with E-state index in [4.69, 9.17) is 5.73 Å². The lowest BCUT2D eigenvalue weighted by molar-refractivity contribution is 0.438. The maximum Gasteiger partial charge on any atom is 0.179 e. The molecule has 1 fully saturated rings. The highest BCUT2D eigenvalue weighted by Gasteiger charge is 2.53. The molecule has 0 spiro atoms. The lowest BCUT2D eigenvalue weighted by atomic mass is 9.85. The van der Waals surface area contributed by atoms with Gasteiger partial charge in [0.1, 0.15) is 0 Å². The molecule has 2 aliphatic rings. The summed E-state index contributed by atoms with van der Waals surface area (Å²) >= 11 is 0. The minimum atomic E-state index is -3.06. The van der Waals surface area contributed by atoms with Crippen molar-refractivity contribution in [2.24, 2.45) is 11.1 Å². The van der Waals surface area contributed by atoms with E-state index >= 15 is 0 Å². The number of hydrogen-bond donors (Lipinski definition) is 1. The molecule has 1 atom stereocenters. The smallest absolute Gasteiger partial charge is 0.179 e. The summed E-state index contributed by atoms with van der Waals surface area (Å²) in [5.74, 6) is 0.377. The molecule has 0 saturated heterocycles. The summed E-state index contributed by atoms with van der Waals surface area (Å²) < 4.78 is 24.0. The van der Waals surface area contributed by atoms with Crippen molar-refractivity contribution in [2.75, 3.05) is 12.3 Å². The van der Waals surface area contributed by atoms with Gasteiger partial charge >= 0.3 is 0 Å². The Bertz CT molecular complexity index is 532. The first-order valence-corrected chi connectivity index (χ1v) is 7.26. The van der Waals surface area contributed by atoms with Gasteiger partial charge in [-0.15, -0.1) is 0 Å². The number of hydrogen-bond acceptors (Lipinski definition) is 3. The van der Waals surface area contributed by atoms with Gasteiger partial charge in [-0.25, -0.2) is 8.42 Å². The Hall–Kier alpha value is -0.870. The number of sulfone groups is 1. The van der Waals surface area contributed by atoms with Crippen LogP contribution in [-0.4, -0.2) is 20.7 Å². The molecule has 0 aromatic heterocycles. The van der Waals surface area contributed by atoms with Gasteiger partial charge in [0.05, 0.1) is 10.6 Å². The van der Waals surface area contributed by atoms with Crippen molar-refractivity contribution in [3.05, 3.63) is 29.8 Å². The van der Waals surface area contributed by atoms with E-state index in [1.807, 2.05) is 12.1 Å². The van der Waals surface area contributed by atoms with Gasteiger partial charge in [-0.2, -0.15) is 0 Å². The van der Waals surface area contributed by atoms with Gasteiger partial charge in [0.25, 0.3) is 0 Å². The first-order chi connectivity index (χ1) is 7.59. The van der Waals surface area contributed by atoms with E-state index in [1.165, 1.54) is 0 Å². The lowest BCUT2D eigenvalue weighted by Gasteiger charge is -2.20. The van der Waals surface area contributed by atoms with Crippen molar-refractivity contribution >= 4 is 9.84 Å². The zero-order chi connectivity index (χ0) is 11.4. The minimum absolute atomic E-state index is 0.0691. The van der Waals surface area contributed by atoms with Crippen LogP contribution < -0.4 is 5.73 Å². The number of benzene rings is 1. The van der Waals surface area contributed by atoms with Crippen molar-refractivity contribution in [1.29, 1.82) is 0 Å². The fourth-order valence-corrected chi connectivity index (χ4v) is 4.82. The molecule has 86 valence electrons. The zero-order valence-corrected chi connectivity index (χ0v) is 9.83. The molecule has 2 N–H and O–H groups in total. The molecule has 1 heterocycles. The average Bonchev–Trinajstić information content (AvgIpc) is 3.02. The SMILES string of the molecule is NCC1(C2CS(=O)(=O)c3ccccc32)CC1. The average molecular weight is 237 g/mol. The molecule has 1 aliphatic heterocycles. The third-order valence-electron chi connectivity index (χ3n) is 4.05. The fourth-order valence-electron chi connectivity index (χ4n) is 2.81. The summed E-state index contributed by atoms with van der Waals surface area (Å²) in [7, 11) is -3.06. The molecule has 1 aromatic carbocycles. The Morgan fingerprint density at radius 2 is 2.00 bits per heavy atom. The van der Waals surface area contributed by atoms with E-state index in [1.54, 1.807) is 12.1 Å². The topological polar surface area (TPSA) is 60.2 Å². The molecule has 3 nitrogen and oxygen atoms in total. The highest BCUT2D eigenvalue weighted by molar-refractivity contribution is 7.91. The van der Waals surface area contributed by atoms with Crippen molar-refractivity contribution < 1.29 is 8.42 Å². The van der Waals surface area contributed by atoms with Crippen molar-refractivity contribution in [3.63, 3.8) is 0 Å². The maximum atomic E-state index is 12.0. The monoisotopic (exact) mass is 237 g/mol. The van der Waals surface area contributed by atoms with Crippen LogP contribution in [0.3, 0.4) is 0 Å². The van der Waals surface area contributed by atoms with Crippen LogP contribution >= 0.6 is 0 Å². The summed E-state index contributed by atoms with van der Waals surface area (Å²) in [6.45, 7) is 0.599. The highest BCUT2D eigenvalue weighted by atomic mass is 32.2. The predicted octanol–water partition coefficient (Wildman–Crippen LogP) is 1.30. The van der Waals surface area contributed by atoms with Crippen LogP contribution in [-0.2, 0) is 9.84 Å². The third-order valence-corrected chi connectivity index (χ3v) is 5.87. The zero-order valence-electron chi connectivity index (χ0n) is 9.02. The second-order valence-corrected chi connectivity index (χ2v) is 6.94. The predicted molar refractivity (Wildman–Crippen MR) is 62.0 cm³/mol. The normalized spacial score (nSPS) is 28.7. The standard InChI is InChI=1S/C12H15NO2S/c13-8-12(5-6-12)10-7-16(14,15)11-4-2-1-3-9(10)11/h1-4,10H,5-8,13H2. The molecule has 3 rings (SSSR count). The van der Waals surface area contributed by atoms with E-state index in [0.717, 1.165) is 18.4 Å². The summed E-state index contributed by atoms with van der Waals surface area (Å²) in [5.41, 5.74) is 6.86. The van der Waals surface area contributed by atoms with Gasteiger partial charge in [0.2, 0.25) is 0 Å². The summed E-state index contributed by atoms with van der Waals surface area (Å²) in [5, 5.41) is 0. The molecule has 0 radical (unpaired) electrons. The molecule has 16 heavy (non-hydrogen) atoms. The first kappa shape index (κ1) is 10.3. The van der Waals surface area contributed by atoms with Crippen LogP contribution in [0.15, 0.2) is 29.2 Å². The van der Waals surface area contributed by atoms with E-state index in [9.17, 15) is 8.42 Å². The van der Waals surface area contributed by atoms with Crippen LogP contribution in [0, 0.1) is 5.41 Å². The number of fused-ring (bicyclic) bond motifs is 1. The first-order valence-electron chi connectivity index (χ1n) is 5.61. The minimum Gasteiger partial charge on any atom is -0.330 e. The largest absolute Gasteiger partial charge is 0.330 e. The van der Waals surface area contributed by atoms with E-state index in [-0.39, 0.29) is 17.1 Å². The Balaban J connectivity index is 2.14. The van der Waals surface area contributed by atoms with E-state index < -0.39 is 9.84 Å². The van der Waals surface area contributed by atoms with Gasteiger partial charge in [-0.3, -0.25) is 0 Å². The highest BCUT2D eigenvalue weighted by Crippen LogP contribution is 2.58. The maximum absolute atomic E-state index is 12.0. The van der Waals surface area contributed by atoms with Gasteiger partial charge in [-0.1, -0.05) is 18.2 Å². The van der Waals surface area contributed by atoms with Crippen molar-refractivity contribution in [3.8, 4) is 0 Å². The number of rotatable bonds is 2. The molecule has 0 amide bonds. The summed E-state index contributed by atoms with van der Waals surface area (Å²) in [6.07, 6.45) is 2.13. The molecule has 1 saturated carbocycles. The van der Waals surface area contributed by atoms with Crippen LogP contribution in [0.25, 0.3) is 0 Å². The second-order valence-electron chi connectivity index (χ2n) is 4.94. The fraction of sp³-hybridized carbons (Fsp3) is 0.500. The third kappa shape index (κ3) is 1.26. The quantitative estimate of drug-likeness (QED) is 0.843. The molecule has 4 heteroatoms. The van der Waals surface area contributed by atoms with E-state index in [2.05, 4.69) is 0 Å². The van der Waals surface area contributed by atoms with Gasteiger partial charge in [0, 0.05) is 5.92 Å².